The van der Waals surface area contributed by atoms with Gasteiger partial charge in [-0.2, -0.15) is 0 Å². The van der Waals surface area contributed by atoms with Crippen LogP contribution in [-0.2, 0) is 11.3 Å². The third-order valence-electron chi connectivity index (χ3n) is 2.44. The first-order chi connectivity index (χ1) is 8.27. The molecule has 1 aromatic carbocycles. The van der Waals surface area contributed by atoms with E-state index in [1.165, 1.54) is 11.3 Å². The molecule has 4 heteroatoms. The van der Waals surface area contributed by atoms with Gasteiger partial charge in [-0.3, -0.25) is 4.79 Å². The summed E-state index contributed by atoms with van der Waals surface area (Å²) < 4.78 is 0. The lowest BCUT2D eigenvalue weighted by atomic mass is 10.2. The zero-order chi connectivity index (χ0) is 12.1. The number of rotatable bonds is 4. The second-order valence-electron chi connectivity index (χ2n) is 3.70. The molecule has 1 aromatic heterocycles. The van der Waals surface area contributed by atoms with Crippen LogP contribution in [0.25, 0.3) is 0 Å². The van der Waals surface area contributed by atoms with Crippen molar-refractivity contribution in [2.45, 2.75) is 12.6 Å². The monoisotopic (exact) mass is 246 g/mol. The summed E-state index contributed by atoms with van der Waals surface area (Å²) in [6.07, 6.45) is 0. The van der Waals surface area contributed by atoms with Gasteiger partial charge in [-0.05, 0) is 17.0 Å². The normalized spacial score (nSPS) is 12.1. The fourth-order valence-electron chi connectivity index (χ4n) is 1.49. The highest BCUT2D eigenvalue weighted by atomic mass is 32.1. The summed E-state index contributed by atoms with van der Waals surface area (Å²) in [6.45, 7) is 0.513. The van der Waals surface area contributed by atoms with Crippen LogP contribution in [0.15, 0.2) is 47.8 Å². The molecule has 2 rings (SSSR count). The van der Waals surface area contributed by atoms with E-state index in [9.17, 15) is 4.79 Å². The van der Waals surface area contributed by atoms with Crippen molar-refractivity contribution >= 4 is 17.2 Å². The molecule has 3 nitrogen and oxygen atoms in total. The Hall–Kier alpha value is -1.65. The van der Waals surface area contributed by atoms with E-state index in [2.05, 4.69) is 5.32 Å². The average molecular weight is 246 g/mol. The second-order valence-corrected chi connectivity index (χ2v) is 4.68. The molecule has 0 aliphatic heterocycles. The van der Waals surface area contributed by atoms with Crippen molar-refractivity contribution in [3.63, 3.8) is 0 Å². The van der Waals surface area contributed by atoms with Crippen LogP contribution in [0.4, 0.5) is 0 Å². The summed E-state index contributed by atoms with van der Waals surface area (Å²) in [6, 6.07) is 13.0. The molecule has 0 spiro atoms. The number of benzene rings is 1. The van der Waals surface area contributed by atoms with Crippen molar-refractivity contribution in [3.8, 4) is 0 Å². The Kier molecular flexibility index (Phi) is 3.90. The lowest BCUT2D eigenvalue weighted by Gasteiger charge is -2.10. The van der Waals surface area contributed by atoms with E-state index in [0.29, 0.717) is 6.54 Å². The van der Waals surface area contributed by atoms with Crippen LogP contribution in [0, 0.1) is 0 Å². The fourth-order valence-corrected chi connectivity index (χ4v) is 2.22. The molecule has 2 aromatic rings. The van der Waals surface area contributed by atoms with Crippen molar-refractivity contribution in [3.05, 3.63) is 58.3 Å². The minimum absolute atomic E-state index is 0.142. The molecule has 0 aliphatic carbocycles. The first kappa shape index (κ1) is 11.8. The average Bonchev–Trinajstić information content (AvgIpc) is 2.90. The third-order valence-corrected chi connectivity index (χ3v) is 3.40. The summed E-state index contributed by atoms with van der Waals surface area (Å²) >= 11 is 1.50. The smallest absolute Gasteiger partial charge is 0.242 e. The lowest BCUT2D eigenvalue weighted by molar-refractivity contribution is -0.122. The number of carbonyl (C=O) groups excluding carboxylic acids is 1. The van der Waals surface area contributed by atoms with Crippen LogP contribution in [0.5, 0.6) is 0 Å². The molecular formula is C13H14N2OS. The highest BCUT2D eigenvalue weighted by Gasteiger charge is 2.15. The standard InChI is InChI=1S/C13H14N2OS/c14-12(11-7-4-8-17-11)13(16)15-9-10-5-2-1-3-6-10/h1-8,12H,9,14H2,(H,15,16). The van der Waals surface area contributed by atoms with Gasteiger partial charge in [-0.15, -0.1) is 11.3 Å². The maximum Gasteiger partial charge on any atom is 0.242 e. The minimum atomic E-state index is -0.571. The van der Waals surface area contributed by atoms with Crippen molar-refractivity contribution < 1.29 is 4.79 Å². The Labute approximate surface area is 104 Å². The summed E-state index contributed by atoms with van der Waals surface area (Å²) in [7, 11) is 0. The predicted molar refractivity (Wildman–Crippen MR) is 69.5 cm³/mol. The molecule has 0 saturated heterocycles. The van der Waals surface area contributed by atoms with E-state index in [0.717, 1.165) is 10.4 Å². The van der Waals surface area contributed by atoms with Gasteiger partial charge in [-0.25, -0.2) is 0 Å². The van der Waals surface area contributed by atoms with Gasteiger partial charge < -0.3 is 11.1 Å². The molecule has 0 bridgehead atoms. The number of nitrogens with two attached hydrogens (primary N) is 1. The Bertz CT molecular complexity index is 467. The molecule has 0 radical (unpaired) electrons. The summed E-state index contributed by atoms with van der Waals surface area (Å²) in [5.74, 6) is -0.142. The van der Waals surface area contributed by atoms with E-state index in [1.807, 2.05) is 47.8 Å². The van der Waals surface area contributed by atoms with E-state index in [1.54, 1.807) is 0 Å². The van der Waals surface area contributed by atoms with Crippen molar-refractivity contribution in [2.24, 2.45) is 5.73 Å². The van der Waals surface area contributed by atoms with Crippen LogP contribution >= 0.6 is 11.3 Å². The van der Waals surface area contributed by atoms with Gasteiger partial charge in [0.25, 0.3) is 0 Å². The first-order valence-corrected chi connectivity index (χ1v) is 6.26. The largest absolute Gasteiger partial charge is 0.350 e. The first-order valence-electron chi connectivity index (χ1n) is 5.38. The molecule has 1 amide bonds. The molecule has 88 valence electrons. The predicted octanol–water partition coefficient (Wildman–Crippen LogP) is 2.06. The fraction of sp³-hybridized carbons (Fsp3) is 0.154. The van der Waals surface area contributed by atoms with Crippen molar-refractivity contribution in [1.82, 2.24) is 5.32 Å². The number of nitrogens with one attached hydrogen (secondary N) is 1. The highest BCUT2D eigenvalue weighted by Crippen LogP contribution is 2.16. The van der Waals surface area contributed by atoms with Crippen LogP contribution in [0.2, 0.25) is 0 Å². The van der Waals surface area contributed by atoms with Crippen molar-refractivity contribution in [2.75, 3.05) is 0 Å². The molecule has 0 aliphatic rings. The van der Waals surface area contributed by atoms with Gasteiger partial charge in [0.1, 0.15) is 6.04 Å². The molecule has 0 saturated carbocycles. The summed E-state index contributed by atoms with van der Waals surface area (Å²) in [4.78, 5) is 12.7. The van der Waals surface area contributed by atoms with Gasteiger partial charge in [0.05, 0.1) is 0 Å². The number of carbonyl (C=O) groups is 1. The molecule has 1 heterocycles. The van der Waals surface area contributed by atoms with E-state index in [-0.39, 0.29) is 5.91 Å². The Morgan fingerprint density at radius 2 is 2.00 bits per heavy atom. The molecular weight excluding hydrogens is 232 g/mol. The number of amides is 1. The minimum Gasteiger partial charge on any atom is -0.350 e. The zero-order valence-corrected chi connectivity index (χ0v) is 10.1. The number of hydrogen-bond acceptors (Lipinski definition) is 3. The van der Waals surface area contributed by atoms with Gasteiger partial charge in [0.2, 0.25) is 5.91 Å². The van der Waals surface area contributed by atoms with Crippen LogP contribution in [0.3, 0.4) is 0 Å². The molecule has 1 unspecified atom stereocenters. The van der Waals surface area contributed by atoms with Crippen molar-refractivity contribution in [1.29, 1.82) is 0 Å². The maximum atomic E-state index is 11.8. The van der Waals surface area contributed by atoms with E-state index in [4.69, 9.17) is 5.73 Å². The van der Waals surface area contributed by atoms with Crippen LogP contribution in [-0.4, -0.2) is 5.91 Å². The molecule has 0 fully saturated rings. The zero-order valence-electron chi connectivity index (χ0n) is 9.30. The van der Waals surface area contributed by atoms with Crippen LogP contribution < -0.4 is 11.1 Å². The number of thiophene rings is 1. The second kappa shape index (κ2) is 5.61. The lowest BCUT2D eigenvalue weighted by Crippen LogP contribution is -2.33. The van der Waals surface area contributed by atoms with E-state index >= 15 is 0 Å². The van der Waals surface area contributed by atoms with Gasteiger partial charge in [0, 0.05) is 11.4 Å². The Balaban J connectivity index is 1.90. The Morgan fingerprint density at radius 3 is 2.65 bits per heavy atom. The topological polar surface area (TPSA) is 55.1 Å². The SMILES string of the molecule is NC(C(=O)NCc1ccccc1)c1cccs1. The van der Waals surface area contributed by atoms with Crippen LogP contribution in [0.1, 0.15) is 16.5 Å². The highest BCUT2D eigenvalue weighted by molar-refractivity contribution is 7.10. The quantitative estimate of drug-likeness (QED) is 0.867. The molecule has 17 heavy (non-hydrogen) atoms. The third kappa shape index (κ3) is 3.15. The van der Waals surface area contributed by atoms with Gasteiger partial charge >= 0.3 is 0 Å². The van der Waals surface area contributed by atoms with Gasteiger partial charge in [0.15, 0.2) is 0 Å². The maximum absolute atomic E-state index is 11.8. The van der Waals surface area contributed by atoms with E-state index < -0.39 is 6.04 Å². The summed E-state index contributed by atoms with van der Waals surface area (Å²) in [5.41, 5.74) is 6.91. The Morgan fingerprint density at radius 1 is 1.24 bits per heavy atom. The molecule has 1 atom stereocenters. The van der Waals surface area contributed by atoms with Gasteiger partial charge in [-0.1, -0.05) is 36.4 Å². The number of hydrogen-bond donors (Lipinski definition) is 2. The molecule has 3 N–H and O–H groups in total. The summed E-state index contributed by atoms with van der Waals surface area (Å²) in [5, 5.41) is 4.75.